The molecule has 1 saturated carbocycles. The highest BCUT2D eigenvalue weighted by atomic mass is 79.9. The van der Waals surface area contributed by atoms with Crippen LogP contribution in [0.3, 0.4) is 0 Å². The third-order valence-corrected chi connectivity index (χ3v) is 5.36. The SMILES string of the molecule is CC(Oc1ccc(Cl)cc1Br)C(=O)NC1CCN(C2CC2)CC1. The van der Waals surface area contributed by atoms with Crippen LogP contribution in [0, 0.1) is 0 Å². The first-order valence-electron chi connectivity index (χ1n) is 8.19. The molecule has 0 bridgehead atoms. The van der Waals surface area contributed by atoms with E-state index in [0.29, 0.717) is 10.8 Å². The molecule has 1 saturated heterocycles. The molecule has 0 spiro atoms. The molecular weight excluding hydrogens is 380 g/mol. The van der Waals surface area contributed by atoms with E-state index in [0.717, 1.165) is 36.4 Å². The lowest BCUT2D eigenvalue weighted by Gasteiger charge is -2.32. The highest BCUT2D eigenvalue weighted by Gasteiger charge is 2.32. The zero-order chi connectivity index (χ0) is 16.4. The number of rotatable bonds is 5. The van der Waals surface area contributed by atoms with Crippen molar-refractivity contribution < 1.29 is 9.53 Å². The molecule has 0 radical (unpaired) electrons. The summed E-state index contributed by atoms with van der Waals surface area (Å²) < 4.78 is 6.50. The Balaban J connectivity index is 1.47. The number of carbonyl (C=O) groups excluding carboxylic acids is 1. The van der Waals surface area contributed by atoms with E-state index in [9.17, 15) is 4.79 Å². The van der Waals surface area contributed by atoms with E-state index in [1.54, 1.807) is 25.1 Å². The minimum absolute atomic E-state index is 0.0586. The number of amides is 1. The Labute approximate surface area is 150 Å². The maximum Gasteiger partial charge on any atom is 0.260 e. The van der Waals surface area contributed by atoms with E-state index >= 15 is 0 Å². The Morgan fingerprint density at radius 1 is 1.35 bits per heavy atom. The van der Waals surface area contributed by atoms with Crippen LogP contribution in [0.4, 0.5) is 0 Å². The topological polar surface area (TPSA) is 41.6 Å². The number of benzene rings is 1. The molecule has 2 fully saturated rings. The van der Waals surface area contributed by atoms with Crippen molar-refractivity contribution >= 4 is 33.4 Å². The molecular formula is C17H22BrClN2O2. The second kappa shape index (κ2) is 7.41. The van der Waals surface area contributed by atoms with Crippen molar-refractivity contribution in [1.29, 1.82) is 0 Å². The maximum absolute atomic E-state index is 12.3. The normalized spacial score (nSPS) is 21.0. The molecule has 126 valence electrons. The quantitative estimate of drug-likeness (QED) is 0.819. The van der Waals surface area contributed by atoms with Crippen LogP contribution in [0.1, 0.15) is 32.6 Å². The van der Waals surface area contributed by atoms with Crippen molar-refractivity contribution in [2.75, 3.05) is 13.1 Å². The number of halogens is 2. The fraction of sp³-hybridized carbons (Fsp3) is 0.588. The molecule has 1 N–H and O–H groups in total. The van der Waals surface area contributed by atoms with Crippen LogP contribution < -0.4 is 10.1 Å². The number of hydrogen-bond acceptors (Lipinski definition) is 3. The lowest BCUT2D eigenvalue weighted by atomic mass is 10.0. The number of likely N-dealkylation sites (tertiary alicyclic amines) is 1. The van der Waals surface area contributed by atoms with E-state index < -0.39 is 6.10 Å². The van der Waals surface area contributed by atoms with Gasteiger partial charge in [0.05, 0.1) is 4.47 Å². The summed E-state index contributed by atoms with van der Waals surface area (Å²) in [6, 6.07) is 6.35. The van der Waals surface area contributed by atoms with Crippen molar-refractivity contribution in [3.8, 4) is 5.75 Å². The standard InChI is InChI=1S/C17H22BrClN2O2/c1-11(23-16-5-2-12(19)10-15(16)18)17(22)20-13-6-8-21(9-7-13)14-3-4-14/h2,5,10-11,13-14H,3-4,6-9H2,1H3,(H,20,22). The molecule has 1 aliphatic carbocycles. The second-order valence-electron chi connectivity index (χ2n) is 6.38. The molecule has 4 nitrogen and oxygen atoms in total. The predicted octanol–water partition coefficient (Wildman–Crippen LogP) is 3.61. The Kier molecular flexibility index (Phi) is 5.49. The summed E-state index contributed by atoms with van der Waals surface area (Å²) in [7, 11) is 0. The maximum atomic E-state index is 12.3. The number of piperidine rings is 1. The summed E-state index contributed by atoms with van der Waals surface area (Å²) in [5, 5.41) is 3.75. The lowest BCUT2D eigenvalue weighted by Crippen LogP contribution is -2.48. The first-order valence-corrected chi connectivity index (χ1v) is 9.36. The predicted molar refractivity (Wildman–Crippen MR) is 95.0 cm³/mol. The second-order valence-corrected chi connectivity index (χ2v) is 7.68. The fourth-order valence-corrected chi connectivity index (χ4v) is 3.76. The average Bonchev–Trinajstić information content (AvgIpc) is 3.35. The van der Waals surface area contributed by atoms with Gasteiger partial charge in [-0.15, -0.1) is 0 Å². The van der Waals surface area contributed by atoms with Gasteiger partial charge >= 0.3 is 0 Å². The van der Waals surface area contributed by atoms with Crippen LogP contribution in [0.5, 0.6) is 5.75 Å². The van der Waals surface area contributed by atoms with Crippen LogP contribution in [0.2, 0.25) is 5.02 Å². The molecule has 1 unspecified atom stereocenters. The van der Waals surface area contributed by atoms with E-state index in [1.165, 1.54) is 12.8 Å². The lowest BCUT2D eigenvalue weighted by molar-refractivity contribution is -0.128. The van der Waals surface area contributed by atoms with E-state index in [-0.39, 0.29) is 11.9 Å². The molecule has 1 atom stereocenters. The van der Waals surface area contributed by atoms with E-state index in [1.807, 2.05) is 0 Å². The van der Waals surface area contributed by atoms with E-state index in [2.05, 4.69) is 26.1 Å². The molecule has 1 heterocycles. The minimum Gasteiger partial charge on any atom is -0.480 e. The van der Waals surface area contributed by atoms with Crippen LogP contribution in [-0.2, 0) is 4.79 Å². The van der Waals surface area contributed by atoms with Crippen molar-refractivity contribution in [3.05, 3.63) is 27.7 Å². The summed E-state index contributed by atoms with van der Waals surface area (Å²) >= 11 is 9.32. The van der Waals surface area contributed by atoms with Gasteiger partial charge in [0.15, 0.2) is 6.10 Å². The zero-order valence-corrected chi connectivity index (χ0v) is 15.6. The molecule has 1 aromatic rings. The Morgan fingerprint density at radius 3 is 2.65 bits per heavy atom. The monoisotopic (exact) mass is 400 g/mol. The number of hydrogen-bond donors (Lipinski definition) is 1. The average molecular weight is 402 g/mol. The van der Waals surface area contributed by atoms with E-state index in [4.69, 9.17) is 16.3 Å². The summed E-state index contributed by atoms with van der Waals surface area (Å²) in [5.41, 5.74) is 0. The van der Waals surface area contributed by atoms with Gasteiger partial charge in [-0.3, -0.25) is 4.79 Å². The van der Waals surface area contributed by atoms with Gasteiger partial charge in [-0.25, -0.2) is 0 Å². The van der Waals surface area contributed by atoms with Crippen molar-refractivity contribution in [3.63, 3.8) is 0 Å². The molecule has 6 heteroatoms. The molecule has 1 aromatic carbocycles. The summed E-state index contributed by atoms with van der Waals surface area (Å²) in [5.74, 6) is 0.567. The highest BCUT2D eigenvalue weighted by Crippen LogP contribution is 2.30. The zero-order valence-electron chi connectivity index (χ0n) is 13.2. The van der Waals surface area contributed by atoms with Crippen LogP contribution in [0.15, 0.2) is 22.7 Å². The van der Waals surface area contributed by atoms with Gasteiger partial charge < -0.3 is 15.0 Å². The molecule has 23 heavy (non-hydrogen) atoms. The number of ether oxygens (including phenoxy) is 1. The van der Waals surface area contributed by atoms with Gasteiger partial charge in [0.1, 0.15) is 5.75 Å². The highest BCUT2D eigenvalue weighted by molar-refractivity contribution is 9.10. The van der Waals surface area contributed by atoms with Crippen LogP contribution in [-0.4, -0.2) is 42.1 Å². The third kappa shape index (κ3) is 4.61. The van der Waals surface area contributed by atoms with Crippen LogP contribution in [0.25, 0.3) is 0 Å². The summed E-state index contributed by atoms with van der Waals surface area (Å²) in [6.45, 7) is 3.96. The van der Waals surface area contributed by atoms with Gasteiger partial charge in [-0.2, -0.15) is 0 Å². The van der Waals surface area contributed by atoms with Crippen LogP contribution >= 0.6 is 27.5 Å². The molecule has 1 aliphatic heterocycles. The van der Waals surface area contributed by atoms with Crippen molar-refractivity contribution in [2.45, 2.75) is 50.8 Å². The smallest absolute Gasteiger partial charge is 0.260 e. The number of nitrogens with zero attached hydrogens (tertiary/aromatic N) is 1. The van der Waals surface area contributed by atoms with Gasteiger partial charge in [0, 0.05) is 30.2 Å². The fourth-order valence-electron chi connectivity index (χ4n) is 2.98. The first-order chi connectivity index (χ1) is 11.0. The molecule has 1 amide bonds. The first kappa shape index (κ1) is 17.1. The summed E-state index contributed by atoms with van der Waals surface area (Å²) in [6.07, 6.45) is 4.21. The molecule has 2 aliphatic rings. The molecule has 0 aromatic heterocycles. The van der Waals surface area contributed by atoms with Gasteiger partial charge in [0.2, 0.25) is 0 Å². The number of nitrogens with one attached hydrogen (secondary N) is 1. The van der Waals surface area contributed by atoms with Gasteiger partial charge in [0.25, 0.3) is 5.91 Å². The Bertz CT molecular complexity index is 572. The van der Waals surface area contributed by atoms with Gasteiger partial charge in [-0.05, 0) is 66.7 Å². The Morgan fingerprint density at radius 2 is 2.04 bits per heavy atom. The molecule has 3 rings (SSSR count). The Hall–Kier alpha value is -0.780. The van der Waals surface area contributed by atoms with Gasteiger partial charge in [-0.1, -0.05) is 11.6 Å². The minimum atomic E-state index is -0.533. The van der Waals surface area contributed by atoms with Crippen molar-refractivity contribution in [2.24, 2.45) is 0 Å². The third-order valence-electron chi connectivity index (χ3n) is 4.51. The van der Waals surface area contributed by atoms with Crippen molar-refractivity contribution in [1.82, 2.24) is 10.2 Å². The number of carbonyl (C=O) groups is 1. The summed E-state index contributed by atoms with van der Waals surface area (Å²) in [4.78, 5) is 14.9. The largest absolute Gasteiger partial charge is 0.480 e.